The fourth-order valence-electron chi connectivity index (χ4n) is 4.61. The molecular weight excluding hydrogens is 452 g/mol. The summed E-state index contributed by atoms with van der Waals surface area (Å²) in [4.78, 5) is 26.5. The van der Waals surface area contributed by atoms with Crippen molar-refractivity contribution in [2.45, 2.75) is 38.9 Å². The first kappa shape index (κ1) is 22.1. The molecule has 5 nitrogen and oxygen atoms in total. The van der Waals surface area contributed by atoms with Crippen molar-refractivity contribution < 1.29 is 4.79 Å². The summed E-state index contributed by atoms with van der Waals surface area (Å²) in [5, 5.41) is 1.08. The zero-order valence-electron chi connectivity index (χ0n) is 18.6. The Labute approximate surface area is 203 Å². The number of aromatic amines is 1. The molecule has 7 heteroatoms. The summed E-state index contributed by atoms with van der Waals surface area (Å²) in [5.41, 5.74) is 4.52. The van der Waals surface area contributed by atoms with Gasteiger partial charge in [0.2, 0.25) is 5.91 Å². The third kappa shape index (κ3) is 4.83. The standard InChI is InChI=1S/C26H27ClN4OS/c1-2-3-23-26(32)31(17-21-14-20-15-28-11-10-22(20)29-21)13-12-30(23)16-18-4-6-19(7-5-18)24-8-9-25(27)33-24/h4-11,14-15,23,29H,2-3,12-13,16-17H2,1H3/t23-/m0/s1. The van der Waals surface area contributed by atoms with Gasteiger partial charge in [0.25, 0.3) is 0 Å². The van der Waals surface area contributed by atoms with Crippen LogP contribution < -0.4 is 0 Å². The summed E-state index contributed by atoms with van der Waals surface area (Å²) in [7, 11) is 0. The summed E-state index contributed by atoms with van der Waals surface area (Å²) in [6, 6.07) is 16.6. The Bertz CT molecular complexity index is 1220. The Morgan fingerprint density at radius 3 is 2.70 bits per heavy atom. The third-order valence-corrected chi connectivity index (χ3v) is 7.57. The predicted molar refractivity (Wildman–Crippen MR) is 135 cm³/mol. The molecule has 4 aromatic rings. The van der Waals surface area contributed by atoms with E-state index in [0.29, 0.717) is 6.54 Å². The lowest BCUT2D eigenvalue weighted by Gasteiger charge is -2.40. The summed E-state index contributed by atoms with van der Waals surface area (Å²) in [6.07, 6.45) is 5.49. The minimum Gasteiger partial charge on any atom is -0.357 e. The number of H-pyrrole nitrogens is 1. The molecule has 0 bridgehead atoms. The first-order valence-electron chi connectivity index (χ1n) is 11.4. The fourth-order valence-corrected chi connectivity index (χ4v) is 5.66. The Hall–Kier alpha value is -2.67. The number of halogens is 1. The number of hydrogen-bond donors (Lipinski definition) is 1. The van der Waals surface area contributed by atoms with Crippen LogP contribution in [0.5, 0.6) is 0 Å². The first-order chi connectivity index (χ1) is 16.1. The number of hydrogen-bond acceptors (Lipinski definition) is 4. The van der Waals surface area contributed by atoms with Crippen LogP contribution in [0.3, 0.4) is 0 Å². The van der Waals surface area contributed by atoms with Gasteiger partial charge >= 0.3 is 0 Å². The zero-order valence-corrected chi connectivity index (χ0v) is 20.2. The predicted octanol–water partition coefficient (Wildman–Crippen LogP) is 5.96. The van der Waals surface area contributed by atoms with Crippen molar-refractivity contribution in [3.05, 3.63) is 76.5 Å². The Morgan fingerprint density at radius 2 is 1.97 bits per heavy atom. The van der Waals surface area contributed by atoms with Crippen LogP contribution in [0.2, 0.25) is 4.34 Å². The number of amides is 1. The van der Waals surface area contributed by atoms with E-state index in [2.05, 4.69) is 58.2 Å². The van der Waals surface area contributed by atoms with Gasteiger partial charge in [0.1, 0.15) is 0 Å². The quantitative estimate of drug-likeness (QED) is 0.356. The molecule has 1 aromatic carbocycles. The highest BCUT2D eigenvalue weighted by Crippen LogP contribution is 2.31. The lowest BCUT2D eigenvalue weighted by Crippen LogP contribution is -2.56. The van der Waals surface area contributed by atoms with Gasteiger partial charge in [-0.05, 0) is 41.8 Å². The van der Waals surface area contributed by atoms with E-state index >= 15 is 0 Å². The number of fused-ring (bicyclic) bond motifs is 1. The molecule has 1 aliphatic rings. The van der Waals surface area contributed by atoms with Crippen molar-refractivity contribution in [1.29, 1.82) is 0 Å². The second kappa shape index (κ2) is 9.67. The second-order valence-corrected chi connectivity index (χ2v) is 10.3. The topological polar surface area (TPSA) is 52.2 Å². The minimum absolute atomic E-state index is 0.0782. The number of rotatable bonds is 7. The van der Waals surface area contributed by atoms with E-state index in [1.54, 1.807) is 17.5 Å². The van der Waals surface area contributed by atoms with Crippen LogP contribution in [0.1, 0.15) is 31.0 Å². The van der Waals surface area contributed by atoms with Crippen LogP contribution in [-0.4, -0.2) is 44.8 Å². The maximum Gasteiger partial charge on any atom is 0.240 e. The number of carbonyl (C=O) groups excluding carboxylic acids is 1. The summed E-state index contributed by atoms with van der Waals surface area (Å²) in [5.74, 6) is 0.227. The normalized spacial score (nSPS) is 17.2. The molecule has 3 aromatic heterocycles. The molecule has 33 heavy (non-hydrogen) atoms. The van der Waals surface area contributed by atoms with E-state index in [1.807, 2.05) is 23.2 Å². The smallest absolute Gasteiger partial charge is 0.240 e. The molecule has 0 saturated carbocycles. The van der Waals surface area contributed by atoms with Gasteiger partial charge in [0.15, 0.2) is 0 Å². The molecule has 0 aliphatic carbocycles. The molecular formula is C26H27ClN4OS. The van der Waals surface area contributed by atoms with Gasteiger partial charge in [-0.3, -0.25) is 14.7 Å². The molecule has 1 aliphatic heterocycles. The summed E-state index contributed by atoms with van der Waals surface area (Å²) in [6.45, 7) is 5.16. The zero-order chi connectivity index (χ0) is 22.8. The average molecular weight is 479 g/mol. The van der Waals surface area contributed by atoms with Gasteiger partial charge in [0.05, 0.1) is 16.9 Å². The maximum absolute atomic E-state index is 13.4. The van der Waals surface area contributed by atoms with Crippen molar-refractivity contribution in [3.8, 4) is 10.4 Å². The van der Waals surface area contributed by atoms with E-state index in [0.717, 1.165) is 53.4 Å². The lowest BCUT2D eigenvalue weighted by molar-refractivity contribution is -0.143. The van der Waals surface area contributed by atoms with Crippen LogP contribution in [0.25, 0.3) is 21.3 Å². The van der Waals surface area contributed by atoms with Gasteiger partial charge in [-0.25, -0.2) is 0 Å². The molecule has 1 amide bonds. The fraction of sp³-hybridized carbons (Fsp3) is 0.308. The minimum atomic E-state index is -0.0782. The van der Waals surface area contributed by atoms with Crippen LogP contribution >= 0.6 is 22.9 Å². The third-order valence-electron chi connectivity index (χ3n) is 6.29. The number of carbonyl (C=O) groups is 1. The Kier molecular flexibility index (Phi) is 6.49. The molecule has 0 radical (unpaired) electrons. The molecule has 1 atom stereocenters. The lowest BCUT2D eigenvalue weighted by atomic mass is 10.0. The number of aromatic nitrogens is 2. The molecule has 1 fully saturated rings. The molecule has 170 valence electrons. The summed E-state index contributed by atoms with van der Waals surface area (Å²) < 4.78 is 0.803. The molecule has 0 unspecified atom stereocenters. The van der Waals surface area contributed by atoms with Crippen molar-refractivity contribution >= 4 is 39.7 Å². The largest absolute Gasteiger partial charge is 0.357 e. The van der Waals surface area contributed by atoms with E-state index in [4.69, 9.17) is 11.6 Å². The van der Waals surface area contributed by atoms with E-state index in [9.17, 15) is 4.79 Å². The average Bonchev–Trinajstić information content (AvgIpc) is 3.44. The Morgan fingerprint density at radius 1 is 1.12 bits per heavy atom. The van der Waals surface area contributed by atoms with E-state index in [1.165, 1.54) is 16.0 Å². The number of piperazine rings is 1. The summed E-state index contributed by atoms with van der Waals surface area (Å²) >= 11 is 7.67. The number of thiophene rings is 1. The molecule has 5 rings (SSSR count). The molecule has 4 heterocycles. The second-order valence-electron chi connectivity index (χ2n) is 8.59. The highest BCUT2D eigenvalue weighted by Gasteiger charge is 2.34. The monoisotopic (exact) mass is 478 g/mol. The van der Waals surface area contributed by atoms with Gasteiger partial charge in [-0.1, -0.05) is 49.2 Å². The maximum atomic E-state index is 13.4. The molecule has 1 N–H and O–H groups in total. The number of benzene rings is 1. The molecule has 0 spiro atoms. The number of nitrogens with one attached hydrogen (secondary N) is 1. The van der Waals surface area contributed by atoms with Crippen molar-refractivity contribution in [2.24, 2.45) is 0 Å². The van der Waals surface area contributed by atoms with Gasteiger partial charge in [0, 0.05) is 53.5 Å². The SMILES string of the molecule is CCC[C@H]1C(=O)N(Cc2cc3cnccc3[nH]2)CCN1Cc1ccc(-c2ccc(Cl)s2)cc1. The first-order valence-corrected chi connectivity index (χ1v) is 12.6. The number of nitrogens with zero attached hydrogens (tertiary/aromatic N) is 3. The van der Waals surface area contributed by atoms with Crippen molar-refractivity contribution in [1.82, 2.24) is 19.8 Å². The van der Waals surface area contributed by atoms with Crippen LogP contribution in [-0.2, 0) is 17.9 Å². The van der Waals surface area contributed by atoms with Crippen LogP contribution in [0.15, 0.2) is 60.9 Å². The van der Waals surface area contributed by atoms with Gasteiger partial charge < -0.3 is 9.88 Å². The van der Waals surface area contributed by atoms with Crippen molar-refractivity contribution in [3.63, 3.8) is 0 Å². The highest BCUT2D eigenvalue weighted by molar-refractivity contribution is 7.19. The molecule has 1 saturated heterocycles. The van der Waals surface area contributed by atoms with E-state index in [-0.39, 0.29) is 11.9 Å². The van der Waals surface area contributed by atoms with Gasteiger partial charge in [-0.15, -0.1) is 11.3 Å². The van der Waals surface area contributed by atoms with Gasteiger partial charge in [-0.2, -0.15) is 0 Å². The van der Waals surface area contributed by atoms with Crippen molar-refractivity contribution in [2.75, 3.05) is 13.1 Å². The Balaban J connectivity index is 1.27. The van der Waals surface area contributed by atoms with Crippen LogP contribution in [0.4, 0.5) is 0 Å². The number of pyridine rings is 1. The highest BCUT2D eigenvalue weighted by atomic mass is 35.5. The van der Waals surface area contributed by atoms with Crippen LogP contribution in [0, 0.1) is 0 Å². The van der Waals surface area contributed by atoms with E-state index < -0.39 is 0 Å².